The molecule has 0 saturated heterocycles. The maximum absolute atomic E-state index is 11.7. The molecule has 0 spiro atoms. The summed E-state index contributed by atoms with van der Waals surface area (Å²) in [6, 6.07) is 14.3. The van der Waals surface area contributed by atoms with Gasteiger partial charge in [-0.2, -0.15) is 0 Å². The summed E-state index contributed by atoms with van der Waals surface area (Å²) < 4.78 is 0. The Morgan fingerprint density at radius 2 is 1.90 bits per heavy atom. The Balaban J connectivity index is 1.44. The third-order valence-corrected chi connectivity index (χ3v) is 5.68. The smallest absolute Gasteiger partial charge is 0.339 e. The topological polar surface area (TPSA) is 62.2 Å². The van der Waals surface area contributed by atoms with Crippen molar-refractivity contribution in [3.05, 3.63) is 83.6 Å². The maximum atomic E-state index is 11.7. The lowest BCUT2D eigenvalue weighted by Crippen LogP contribution is -2.06. The highest BCUT2D eigenvalue weighted by molar-refractivity contribution is 5.95. The van der Waals surface area contributed by atoms with Crippen LogP contribution < -0.4 is 5.32 Å². The highest BCUT2D eigenvalue weighted by atomic mass is 16.4. The molecule has 1 aromatic heterocycles. The Bertz CT molecular complexity index is 1170. The number of anilines is 2. The second-order valence-corrected chi connectivity index (χ2v) is 7.80. The first-order chi connectivity index (χ1) is 14.2. The molecule has 144 valence electrons. The van der Waals surface area contributed by atoms with E-state index >= 15 is 0 Å². The van der Waals surface area contributed by atoms with Crippen LogP contribution in [0.4, 0.5) is 11.5 Å². The number of hydrogen-bond acceptors (Lipinski definition) is 3. The number of nitrogens with one attached hydrogen (secondary N) is 1. The number of fused-ring (bicyclic) bond motifs is 1. The van der Waals surface area contributed by atoms with Crippen LogP contribution in [0.5, 0.6) is 0 Å². The monoisotopic (exact) mass is 382 g/mol. The van der Waals surface area contributed by atoms with E-state index in [2.05, 4.69) is 52.8 Å². The Labute approximate surface area is 169 Å². The van der Waals surface area contributed by atoms with Gasteiger partial charge in [-0.1, -0.05) is 36.4 Å². The van der Waals surface area contributed by atoms with Gasteiger partial charge >= 0.3 is 5.97 Å². The number of allylic oxidation sites excluding steroid dienone is 4. The first-order valence-corrected chi connectivity index (χ1v) is 10.1. The molecule has 2 aliphatic rings. The molecule has 4 heteroatoms. The van der Waals surface area contributed by atoms with Crippen LogP contribution in [0.25, 0.3) is 16.3 Å². The second-order valence-electron chi connectivity index (χ2n) is 7.80. The predicted molar refractivity (Wildman–Crippen MR) is 117 cm³/mol. The summed E-state index contributed by atoms with van der Waals surface area (Å²) in [6.07, 6.45) is 12.7. The third-order valence-electron chi connectivity index (χ3n) is 5.68. The Morgan fingerprint density at radius 1 is 1.07 bits per heavy atom. The van der Waals surface area contributed by atoms with E-state index in [9.17, 15) is 9.90 Å². The van der Waals surface area contributed by atoms with Gasteiger partial charge in [0, 0.05) is 11.9 Å². The lowest BCUT2D eigenvalue weighted by molar-refractivity contribution is 0.0697. The van der Waals surface area contributed by atoms with Gasteiger partial charge in [0.15, 0.2) is 0 Å². The fourth-order valence-electron chi connectivity index (χ4n) is 3.89. The average molecular weight is 382 g/mol. The van der Waals surface area contributed by atoms with Crippen molar-refractivity contribution in [1.82, 2.24) is 4.98 Å². The molecule has 0 unspecified atom stereocenters. The van der Waals surface area contributed by atoms with Crippen LogP contribution in [0, 0.1) is 0 Å². The van der Waals surface area contributed by atoms with Crippen molar-refractivity contribution < 1.29 is 9.90 Å². The number of aromatic carboxylic acids is 1. The average Bonchev–Trinajstić information content (AvgIpc) is 3.59. The zero-order valence-corrected chi connectivity index (χ0v) is 16.1. The third kappa shape index (κ3) is 3.66. The molecule has 5 rings (SSSR count). The van der Waals surface area contributed by atoms with Gasteiger partial charge in [-0.25, -0.2) is 9.78 Å². The zero-order chi connectivity index (χ0) is 19.8. The Kier molecular flexibility index (Phi) is 4.39. The summed E-state index contributed by atoms with van der Waals surface area (Å²) in [5.74, 6) is -0.0981. The van der Waals surface area contributed by atoms with E-state index < -0.39 is 5.97 Å². The number of hydrogen-bond donors (Lipinski definition) is 2. The molecule has 4 nitrogen and oxygen atoms in total. The van der Waals surface area contributed by atoms with Crippen molar-refractivity contribution in [1.29, 1.82) is 0 Å². The van der Waals surface area contributed by atoms with Gasteiger partial charge in [-0.05, 0) is 83.3 Å². The standard InChI is InChI=1S/C25H22N2O2/c28-25(29)23-14-21(17-6-7-17)15-26-24(23)27-22-11-10-19-12-18(8-9-20(19)13-22)16-4-2-1-3-5-16/h1-2,4,8-15,17H,3,5-7H2,(H,26,27)(H,28,29). The van der Waals surface area contributed by atoms with Gasteiger partial charge in [-0.15, -0.1) is 0 Å². The van der Waals surface area contributed by atoms with Gasteiger partial charge in [0.25, 0.3) is 0 Å². The van der Waals surface area contributed by atoms with Gasteiger partial charge in [0.05, 0.1) is 0 Å². The minimum absolute atomic E-state index is 0.224. The van der Waals surface area contributed by atoms with E-state index in [1.807, 2.05) is 12.1 Å². The second kappa shape index (κ2) is 7.21. The maximum Gasteiger partial charge on any atom is 0.339 e. The summed E-state index contributed by atoms with van der Waals surface area (Å²) >= 11 is 0. The van der Waals surface area contributed by atoms with Crippen LogP contribution >= 0.6 is 0 Å². The van der Waals surface area contributed by atoms with Crippen LogP contribution in [0.15, 0.2) is 66.9 Å². The van der Waals surface area contributed by atoms with E-state index in [4.69, 9.17) is 0 Å². The molecule has 3 aromatic rings. The molecule has 1 heterocycles. The van der Waals surface area contributed by atoms with Crippen LogP contribution in [-0.2, 0) is 0 Å². The van der Waals surface area contributed by atoms with Crippen molar-refractivity contribution in [3.63, 3.8) is 0 Å². The van der Waals surface area contributed by atoms with Gasteiger partial charge < -0.3 is 10.4 Å². The lowest BCUT2D eigenvalue weighted by atomic mass is 9.95. The minimum Gasteiger partial charge on any atom is -0.478 e. The molecule has 1 saturated carbocycles. The molecule has 2 N–H and O–H groups in total. The van der Waals surface area contributed by atoms with Crippen LogP contribution in [0.2, 0.25) is 0 Å². The molecule has 1 fully saturated rings. The highest BCUT2D eigenvalue weighted by Crippen LogP contribution is 2.40. The molecule has 29 heavy (non-hydrogen) atoms. The molecule has 0 atom stereocenters. The molecular weight excluding hydrogens is 360 g/mol. The number of carboxylic acid groups (broad SMARTS) is 1. The molecule has 0 aliphatic heterocycles. The van der Waals surface area contributed by atoms with Crippen LogP contribution in [-0.4, -0.2) is 16.1 Å². The normalized spacial score (nSPS) is 15.9. The Morgan fingerprint density at radius 3 is 2.66 bits per heavy atom. The fraction of sp³-hybridized carbons (Fsp3) is 0.200. The molecule has 2 aliphatic carbocycles. The van der Waals surface area contributed by atoms with Crippen molar-refractivity contribution in [2.75, 3.05) is 5.32 Å². The van der Waals surface area contributed by atoms with E-state index in [1.165, 1.54) is 16.5 Å². The Hall–Kier alpha value is -3.40. The summed E-state index contributed by atoms with van der Waals surface area (Å²) in [5, 5.41) is 15.1. The number of carbonyl (C=O) groups is 1. The number of benzene rings is 2. The zero-order valence-electron chi connectivity index (χ0n) is 16.1. The number of pyridine rings is 1. The van der Waals surface area contributed by atoms with E-state index in [0.717, 1.165) is 42.3 Å². The first-order valence-electron chi connectivity index (χ1n) is 10.1. The van der Waals surface area contributed by atoms with Crippen LogP contribution in [0.3, 0.4) is 0 Å². The lowest BCUT2D eigenvalue weighted by Gasteiger charge is -2.13. The first kappa shape index (κ1) is 17.7. The van der Waals surface area contributed by atoms with Crippen molar-refractivity contribution in [3.8, 4) is 0 Å². The summed E-state index contributed by atoms with van der Waals surface area (Å²) in [5.41, 5.74) is 4.70. The van der Waals surface area contributed by atoms with Gasteiger partial charge in [0.2, 0.25) is 0 Å². The van der Waals surface area contributed by atoms with Crippen molar-refractivity contribution in [2.24, 2.45) is 0 Å². The molecule has 0 amide bonds. The van der Waals surface area contributed by atoms with E-state index in [1.54, 1.807) is 12.3 Å². The quantitative estimate of drug-likeness (QED) is 0.544. The van der Waals surface area contributed by atoms with Gasteiger partial charge in [0.1, 0.15) is 11.4 Å². The highest BCUT2D eigenvalue weighted by Gasteiger charge is 2.26. The van der Waals surface area contributed by atoms with Gasteiger partial charge in [-0.3, -0.25) is 0 Å². The number of carboxylic acids is 1. The van der Waals surface area contributed by atoms with Crippen molar-refractivity contribution >= 4 is 33.8 Å². The summed E-state index contributed by atoms with van der Waals surface area (Å²) in [7, 11) is 0. The van der Waals surface area contributed by atoms with E-state index in [-0.39, 0.29) is 5.56 Å². The predicted octanol–water partition coefficient (Wildman–Crippen LogP) is 6.29. The summed E-state index contributed by atoms with van der Waals surface area (Å²) in [4.78, 5) is 16.1. The SMILES string of the molecule is O=C(O)c1cc(C2CC2)cnc1Nc1ccc2cc(C3=CC=CCC3)ccc2c1. The summed E-state index contributed by atoms with van der Waals surface area (Å²) in [6.45, 7) is 0. The fourth-order valence-corrected chi connectivity index (χ4v) is 3.89. The largest absolute Gasteiger partial charge is 0.478 e. The molecule has 0 radical (unpaired) electrons. The van der Waals surface area contributed by atoms with E-state index in [0.29, 0.717) is 11.7 Å². The van der Waals surface area contributed by atoms with Crippen LogP contribution in [0.1, 0.15) is 53.1 Å². The number of rotatable bonds is 5. The minimum atomic E-state index is -0.956. The number of aromatic nitrogens is 1. The molecule has 2 aromatic carbocycles. The number of nitrogens with zero attached hydrogens (tertiary/aromatic N) is 1. The molecule has 0 bridgehead atoms. The molecular formula is C25H22N2O2. The van der Waals surface area contributed by atoms with Crippen molar-refractivity contribution in [2.45, 2.75) is 31.6 Å².